The average molecular weight is 152 g/mol. The highest BCUT2D eigenvalue weighted by Crippen LogP contribution is 2.39. The first-order valence-corrected chi connectivity index (χ1v) is 3.64. The topological polar surface area (TPSA) is 38.9 Å². The van der Waals surface area contributed by atoms with Crippen LogP contribution in [0.4, 0.5) is 4.39 Å². The van der Waals surface area contributed by atoms with Crippen molar-refractivity contribution in [3.8, 4) is 0 Å². The summed E-state index contributed by atoms with van der Waals surface area (Å²) in [4.78, 5) is 3.66. The monoisotopic (exact) mass is 152 g/mol. The quantitative estimate of drug-likeness (QED) is 0.652. The third kappa shape index (κ3) is 1.12. The first-order chi connectivity index (χ1) is 5.29. The Balaban J connectivity index is 2.31. The van der Waals surface area contributed by atoms with E-state index in [0.717, 1.165) is 6.42 Å². The number of halogens is 1. The molecule has 0 aliphatic heterocycles. The van der Waals surface area contributed by atoms with Crippen molar-refractivity contribution < 1.29 is 4.39 Å². The van der Waals surface area contributed by atoms with E-state index in [0.29, 0.717) is 5.56 Å². The molecule has 1 aliphatic rings. The van der Waals surface area contributed by atoms with E-state index in [1.165, 1.54) is 6.20 Å². The van der Waals surface area contributed by atoms with Crippen molar-refractivity contribution >= 4 is 0 Å². The second kappa shape index (κ2) is 2.27. The van der Waals surface area contributed by atoms with Gasteiger partial charge in [0.1, 0.15) is 5.82 Å². The minimum absolute atomic E-state index is 0.159. The number of hydrogen-bond acceptors (Lipinski definition) is 2. The van der Waals surface area contributed by atoms with Crippen molar-refractivity contribution in [2.75, 3.05) is 0 Å². The maximum absolute atomic E-state index is 12.9. The molecule has 1 fully saturated rings. The lowest BCUT2D eigenvalue weighted by molar-refractivity contribution is 0.603. The van der Waals surface area contributed by atoms with E-state index in [2.05, 4.69) is 4.98 Å². The summed E-state index contributed by atoms with van der Waals surface area (Å²) in [5.41, 5.74) is 6.30. The van der Waals surface area contributed by atoms with E-state index in [9.17, 15) is 4.39 Å². The molecule has 0 radical (unpaired) electrons. The first-order valence-electron chi connectivity index (χ1n) is 3.64. The van der Waals surface area contributed by atoms with Gasteiger partial charge in [0.05, 0.1) is 6.20 Å². The fourth-order valence-corrected chi connectivity index (χ4v) is 1.26. The summed E-state index contributed by atoms with van der Waals surface area (Å²) in [5, 5.41) is 0. The molecule has 0 spiro atoms. The Hall–Kier alpha value is -0.960. The van der Waals surface area contributed by atoms with E-state index in [4.69, 9.17) is 5.73 Å². The lowest BCUT2D eigenvalue weighted by Crippen LogP contribution is -2.02. The highest BCUT2D eigenvalue weighted by molar-refractivity contribution is 5.26. The second-order valence-corrected chi connectivity index (χ2v) is 2.90. The zero-order valence-corrected chi connectivity index (χ0v) is 6.00. The Morgan fingerprint density at radius 2 is 2.36 bits per heavy atom. The third-order valence-corrected chi connectivity index (χ3v) is 2.04. The van der Waals surface area contributed by atoms with Crippen LogP contribution in [-0.2, 0) is 0 Å². The fourth-order valence-electron chi connectivity index (χ4n) is 1.26. The predicted octanol–water partition coefficient (Wildman–Crippen LogP) is 1.04. The number of hydrogen-bond donors (Lipinski definition) is 1. The van der Waals surface area contributed by atoms with Gasteiger partial charge < -0.3 is 5.73 Å². The molecule has 1 aromatic rings. The van der Waals surface area contributed by atoms with Crippen LogP contribution in [0.15, 0.2) is 18.5 Å². The van der Waals surface area contributed by atoms with Crippen LogP contribution in [0, 0.1) is 5.82 Å². The van der Waals surface area contributed by atoms with Crippen molar-refractivity contribution in [1.82, 2.24) is 4.98 Å². The Kier molecular flexibility index (Phi) is 1.39. The van der Waals surface area contributed by atoms with E-state index < -0.39 is 0 Å². The van der Waals surface area contributed by atoms with Gasteiger partial charge in [-0.1, -0.05) is 0 Å². The van der Waals surface area contributed by atoms with Gasteiger partial charge in [-0.3, -0.25) is 4.98 Å². The van der Waals surface area contributed by atoms with Crippen LogP contribution < -0.4 is 5.73 Å². The maximum atomic E-state index is 12.9. The molecule has 2 nitrogen and oxygen atoms in total. The molecule has 0 bridgehead atoms. The van der Waals surface area contributed by atoms with Gasteiger partial charge in [-0.2, -0.15) is 0 Å². The summed E-state index contributed by atoms with van der Waals surface area (Å²) in [6.07, 6.45) is 3.74. The van der Waals surface area contributed by atoms with Gasteiger partial charge in [-0.15, -0.1) is 0 Å². The Morgan fingerprint density at radius 3 is 2.91 bits per heavy atom. The van der Waals surface area contributed by atoms with Crippen LogP contribution in [0.5, 0.6) is 0 Å². The molecule has 0 unspecified atom stereocenters. The van der Waals surface area contributed by atoms with Gasteiger partial charge in [0, 0.05) is 18.2 Å². The van der Waals surface area contributed by atoms with Crippen LogP contribution >= 0.6 is 0 Å². The van der Waals surface area contributed by atoms with Crippen LogP contribution in [0.25, 0.3) is 0 Å². The maximum Gasteiger partial charge on any atom is 0.145 e. The SMILES string of the molecule is N[C@@H]1C[C@H]1c1ccncc1F. The first kappa shape index (κ1) is 6.73. The van der Waals surface area contributed by atoms with Crippen molar-refractivity contribution in [2.45, 2.75) is 18.4 Å². The van der Waals surface area contributed by atoms with E-state index >= 15 is 0 Å². The van der Waals surface area contributed by atoms with Gasteiger partial charge in [0.2, 0.25) is 0 Å². The van der Waals surface area contributed by atoms with Crippen LogP contribution in [0.3, 0.4) is 0 Å². The van der Waals surface area contributed by atoms with Crippen molar-refractivity contribution in [3.63, 3.8) is 0 Å². The Morgan fingerprint density at radius 1 is 1.64 bits per heavy atom. The van der Waals surface area contributed by atoms with Crippen molar-refractivity contribution in [1.29, 1.82) is 0 Å². The van der Waals surface area contributed by atoms with Crippen molar-refractivity contribution in [3.05, 3.63) is 29.8 Å². The zero-order chi connectivity index (χ0) is 7.84. The standard InChI is InChI=1S/C8H9FN2/c9-7-4-11-2-1-5(7)6-3-8(6)10/h1-2,4,6,8H,3,10H2/t6-,8+/m0/s1. The third-order valence-electron chi connectivity index (χ3n) is 2.04. The van der Waals surface area contributed by atoms with Gasteiger partial charge in [-0.25, -0.2) is 4.39 Å². The fraction of sp³-hybridized carbons (Fsp3) is 0.375. The van der Waals surface area contributed by atoms with E-state index in [-0.39, 0.29) is 17.8 Å². The number of pyridine rings is 1. The normalized spacial score (nSPS) is 28.5. The number of nitrogens with two attached hydrogens (primary N) is 1. The van der Waals surface area contributed by atoms with Gasteiger partial charge in [-0.05, 0) is 18.1 Å². The molecule has 11 heavy (non-hydrogen) atoms. The molecule has 1 saturated carbocycles. The minimum Gasteiger partial charge on any atom is -0.327 e. The Bertz CT molecular complexity index is 275. The van der Waals surface area contributed by atoms with E-state index in [1.54, 1.807) is 12.3 Å². The lowest BCUT2D eigenvalue weighted by Gasteiger charge is -1.97. The van der Waals surface area contributed by atoms with Crippen LogP contribution in [0.1, 0.15) is 17.9 Å². The molecule has 0 saturated heterocycles. The highest BCUT2D eigenvalue weighted by Gasteiger charge is 2.36. The number of nitrogens with zero attached hydrogens (tertiary/aromatic N) is 1. The molecule has 58 valence electrons. The van der Waals surface area contributed by atoms with E-state index in [1.807, 2.05) is 0 Å². The summed E-state index contributed by atoms with van der Waals surface area (Å²) in [7, 11) is 0. The molecule has 1 heterocycles. The molecular formula is C8H9FN2. The highest BCUT2D eigenvalue weighted by atomic mass is 19.1. The molecule has 2 rings (SSSR count). The van der Waals surface area contributed by atoms with Gasteiger partial charge in [0.15, 0.2) is 0 Å². The second-order valence-electron chi connectivity index (χ2n) is 2.90. The predicted molar refractivity (Wildman–Crippen MR) is 39.5 cm³/mol. The van der Waals surface area contributed by atoms with Gasteiger partial charge in [0.25, 0.3) is 0 Å². The molecular weight excluding hydrogens is 143 g/mol. The van der Waals surface area contributed by atoms with Crippen molar-refractivity contribution in [2.24, 2.45) is 5.73 Å². The summed E-state index contributed by atoms with van der Waals surface area (Å²) < 4.78 is 12.9. The summed E-state index contributed by atoms with van der Waals surface area (Å²) >= 11 is 0. The molecule has 3 heteroatoms. The van der Waals surface area contributed by atoms with Gasteiger partial charge >= 0.3 is 0 Å². The molecule has 0 amide bonds. The molecule has 0 aromatic carbocycles. The number of rotatable bonds is 1. The summed E-state index contributed by atoms with van der Waals surface area (Å²) in [5.74, 6) is 0.00319. The van der Waals surface area contributed by atoms with Crippen LogP contribution in [-0.4, -0.2) is 11.0 Å². The summed E-state index contributed by atoms with van der Waals surface area (Å²) in [6.45, 7) is 0. The molecule has 2 atom stereocenters. The Labute approximate surface area is 64.2 Å². The smallest absolute Gasteiger partial charge is 0.145 e. The average Bonchev–Trinajstić information content (AvgIpc) is 2.68. The molecule has 1 aliphatic carbocycles. The lowest BCUT2D eigenvalue weighted by atomic mass is 10.1. The molecule has 1 aromatic heterocycles. The molecule has 2 N–H and O–H groups in total. The summed E-state index contributed by atoms with van der Waals surface area (Å²) in [6, 6.07) is 1.86. The largest absolute Gasteiger partial charge is 0.327 e. The zero-order valence-electron chi connectivity index (χ0n) is 6.00. The minimum atomic E-state index is -0.231. The van der Waals surface area contributed by atoms with Crippen LogP contribution in [0.2, 0.25) is 0 Å². The number of aromatic nitrogens is 1.